The van der Waals surface area contributed by atoms with Gasteiger partial charge in [-0.1, -0.05) is 48.5 Å². The Kier molecular flexibility index (Phi) is 7.18. The third-order valence-corrected chi connectivity index (χ3v) is 5.01. The van der Waals surface area contributed by atoms with Crippen LogP contribution >= 0.6 is 0 Å². The summed E-state index contributed by atoms with van der Waals surface area (Å²) >= 11 is 0. The molecule has 0 atom stereocenters. The summed E-state index contributed by atoms with van der Waals surface area (Å²) in [4.78, 5) is 27.5. The lowest BCUT2D eigenvalue weighted by Gasteiger charge is -2.21. The number of hydrogen-bond acceptors (Lipinski definition) is 2. The molecular formula is C24H20F6N2O2. The van der Waals surface area contributed by atoms with Gasteiger partial charge in [-0.05, 0) is 41.3 Å². The molecule has 2 aromatic carbocycles. The number of halogens is 6. The lowest BCUT2D eigenvalue weighted by molar-refractivity contribution is -0.128. The van der Waals surface area contributed by atoms with E-state index < -0.39 is 42.7 Å². The van der Waals surface area contributed by atoms with Crippen LogP contribution < -0.4 is 10.9 Å². The smallest absolute Gasteiger partial charge is 0.341 e. The van der Waals surface area contributed by atoms with E-state index in [1.54, 1.807) is 6.92 Å². The topological polar surface area (TPSA) is 62.0 Å². The Bertz CT molecular complexity index is 1140. The van der Waals surface area contributed by atoms with Crippen molar-refractivity contribution in [1.29, 1.82) is 0 Å². The number of carbonyl (C=O) groups is 1. The molecule has 1 amide bonds. The molecule has 0 saturated heterocycles. The summed E-state index contributed by atoms with van der Waals surface area (Å²) in [6.07, 6.45) is -11.0. The molecule has 0 spiro atoms. The number of aromatic amines is 1. The monoisotopic (exact) mass is 482 g/mol. The summed E-state index contributed by atoms with van der Waals surface area (Å²) < 4.78 is 76.1. The van der Waals surface area contributed by atoms with Gasteiger partial charge in [0.05, 0.1) is 18.9 Å². The molecule has 0 bridgehead atoms. The molecule has 0 radical (unpaired) electrons. The number of pyridine rings is 1. The second kappa shape index (κ2) is 9.74. The quantitative estimate of drug-likeness (QED) is 0.462. The van der Waals surface area contributed by atoms with E-state index in [4.69, 9.17) is 0 Å². The zero-order valence-electron chi connectivity index (χ0n) is 17.8. The summed E-state index contributed by atoms with van der Waals surface area (Å²) in [6, 6.07) is 12.6. The molecule has 2 N–H and O–H groups in total. The number of amides is 1. The largest absolute Gasteiger partial charge is 0.393 e. The van der Waals surface area contributed by atoms with Crippen molar-refractivity contribution >= 4 is 5.91 Å². The van der Waals surface area contributed by atoms with Crippen LogP contribution in [0.15, 0.2) is 65.5 Å². The first-order valence-electron chi connectivity index (χ1n) is 10.1. The average molecular weight is 482 g/mol. The van der Waals surface area contributed by atoms with Gasteiger partial charge in [-0.3, -0.25) is 9.59 Å². The van der Waals surface area contributed by atoms with Crippen LogP contribution in [0.5, 0.6) is 0 Å². The molecule has 0 aliphatic carbocycles. The lowest BCUT2D eigenvalue weighted by atomic mass is 9.95. The maximum atomic E-state index is 12.8. The summed E-state index contributed by atoms with van der Waals surface area (Å²) in [7, 11) is 0. The molecule has 0 fully saturated rings. The number of H-pyrrole nitrogens is 1. The summed E-state index contributed by atoms with van der Waals surface area (Å²) in [5.41, 5.74) is 0.542. The van der Waals surface area contributed by atoms with Crippen molar-refractivity contribution in [1.82, 2.24) is 10.3 Å². The van der Waals surface area contributed by atoms with E-state index in [0.29, 0.717) is 16.8 Å². The minimum atomic E-state index is -4.39. The van der Waals surface area contributed by atoms with Gasteiger partial charge in [0.25, 0.3) is 11.5 Å². The van der Waals surface area contributed by atoms with E-state index in [-0.39, 0.29) is 16.7 Å². The minimum absolute atomic E-state index is 0.0110. The van der Waals surface area contributed by atoms with Crippen molar-refractivity contribution in [3.05, 3.63) is 105 Å². The highest BCUT2D eigenvalue weighted by molar-refractivity contribution is 5.94. The second-order valence-corrected chi connectivity index (χ2v) is 7.86. The number of carbonyl (C=O) groups excluding carboxylic acids is 1. The first kappa shape index (κ1) is 25.1. The van der Waals surface area contributed by atoms with Gasteiger partial charge in [-0.15, -0.1) is 0 Å². The lowest BCUT2D eigenvalue weighted by Crippen LogP contribution is -2.33. The Morgan fingerprint density at radius 2 is 1.24 bits per heavy atom. The molecule has 0 aliphatic heterocycles. The molecule has 180 valence electrons. The molecule has 4 nitrogen and oxygen atoms in total. The molecule has 1 aromatic heterocycles. The third kappa shape index (κ3) is 6.97. The SMILES string of the molecule is Cc1ccc(C(=O)NC(c2ccc(CC(F)(F)F)cc2)c2ccc(CC(F)(F)F)cc2)c(=O)[nH]1. The second-order valence-electron chi connectivity index (χ2n) is 7.86. The highest BCUT2D eigenvalue weighted by atomic mass is 19.4. The Labute approximate surface area is 190 Å². The van der Waals surface area contributed by atoms with Crippen LogP contribution in [-0.2, 0) is 12.8 Å². The Balaban J connectivity index is 1.94. The van der Waals surface area contributed by atoms with Gasteiger partial charge in [0.15, 0.2) is 0 Å². The molecule has 3 rings (SSSR count). The Morgan fingerprint density at radius 3 is 1.62 bits per heavy atom. The summed E-state index contributed by atoms with van der Waals surface area (Å²) in [5.74, 6) is -0.745. The maximum absolute atomic E-state index is 12.8. The number of benzene rings is 2. The molecule has 10 heteroatoms. The van der Waals surface area contributed by atoms with E-state index in [1.807, 2.05) is 0 Å². The number of rotatable bonds is 6. The van der Waals surface area contributed by atoms with Crippen molar-refractivity contribution in [2.24, 2.45) is 0 Å². The normalized spacial score (nSPS) is 12.1. The molecule has 1 heterocycles. The Morgan fingerprint density at radius 1 is 0.794 bits per heavy atom. The fourth-order valence-corrected chi connectivity index (χ4v) is 3.44. The van der Waals surface area contributed by atoms with Crippen molar-refractivity contribution in [2.75, 3.05) is 0 Å². The maximum Gasteiger partial charge on any atom is 0.393 e. The van der Waals surface area contributed by atoms with E-state index in [1.165, 1.54) is 60.7 Å². The van der Waals surface area contributed by atoms with Crippen molar-refractivity contribution in [3.8, 4) is 0 Å². The zero-order chi connectivity index (χ0) is 25.1. The van der Waals surface area contributed by atoms with E-state index >= 15 is 0 Å². The molecule has 34 heavy (non-hydrogen) atoms. The zero-order valence-corrected chi connectivity index (χ0v) is 17.8. The van der Waals surface area contributed by atoms with Crippen molar-refractivity contribution < 1.29 is 31.1 Å². The van der Waals surface area contributed by atoms with Crippen LogP contribution in [0.1, 0.15) is 44.3 Å². The van der Waals surface area contributed by atoms with E-state index in [9.17, 15) is 35.9 Å². The first-order valence-corrected chi connectivity index (χ1v) is 10.1. The standard InChI is InChI=1S/C24H20F6N2O2/c1-14-2-11-19(21(33)31-14)22(34)32-20(17-7-3-15(4-8-17)12-23(25,26)27)18-9-5-16(6-10-18)13-24(28,29)30/h2-11,20H,12-13H2,1H3,(H,31,33)(H,32,34). The number of aromatic nitrogens is 1. The number of aryl methyl sites for hydroxylation is 1. The van der Waals surface area contributed by atoms with Crippen molar-refractivity contribution in [2.45, 2.75) is 38.2 Å². The van der Waals surface area contributed by atoms with Gasteiger partial charge in [-0.2, -0.15) is 26.3 Å². The van der Waals surface area contributed by atoms with Crippen LogP contribution in [0.25, 0.3) is 0 Å². The van der Waals surface area contributed by atoms with E-state index in [0.717, 1.165) is 0 Å². The predicted octanol–water partition coefficient (Wildman–Crippen LogP) is 5.41. The van der Waals surface area contributed by atoms with Crippen molar-refractivity contribution in [3.63, 3.8) is 0 Å². The number of hydrogen-bond donors (Lipinski definition) is 2. The number of alkyl halides is 6. The molecule has 0 aliphatic rings. The van der Waals surface area contributed by atoms with Crippen LogP contribution in [-0.4, -0.2) is 23.2 Å². The average Bonchev–Trinajstić information content (AvgIpc) is 2.71. The van der Waals surface area contributed by atoms with E-state index in [2.05, 4.69) is 10.3 Å². The predicted molar refractivity (Wildman–Crippen MR) is 114 cm³/mol. The minimum Gasteiger partial charge on any atom is -0.341 e. The third-order valence-electron chi connectivity index (χ3n) is 5.01. The number of nitrogens with one attached hydrogen (secondary N) is 2. The summed E-state index contributed by atoms with van der Waals surface area (Å²) in [5, 5.41) is 2.66. The van der Waals surface area contributed by atoms with Crippen LogP contribution in [0.3, 0.4) is 0 Å². The van der Waals surface area contributed by atoms with Gasteiger partial charge < -0.3 is 10.3 Å². The first-order chi connectivity index (χ1) is 15.8. The van der Waals surface area contributed by atoms with Gasteiger partial charge in [0.2, 0.25) is 0 Å². The fourth-order valence-electron chi connectivity index (χ4n) is 3.44. The highest BCUT2D eigenvalue weighted by Crippen LogP contribution is 2.27. The summed E-state index contributed by atoms with van der Waals surface area (Å²) in [6.45, 7) is 1.64. The van der Waals surface area contributed by atoms with Gasteiger partial charge >= 0.3 is 12.4 Å². The van der Waals surface area contributed by atoms with Crippen LogP contribution in [0.2, 0.25) is 0 Å². The fraction of sp³-hybridized carbons (Fsp3) is 0.250. The van der Waals surface area contributed by atoms with Gasteiger partial charge in [0, 0.05) is 5.69 Å². The Hall–Kier alpha value is -3.56. The molecular weight excluding hydrogens is 462 g/mol. The molecule has 0 saturated carbocycles. The molecule has 3 aromatic rings. The van der Waals surface area contributed by atoms with Crippen LogP contribution in [0.4, 0.5) is 26.3 Å². The van der Waals surface area contributed by atoms with Gasteiger partial charge in [0.1, 0.15) is 5.56 Å². The van der Waals surface area contributed by atoms with Crippen LogP contribution in [0, 0.1) is 6.92 Å². The highest BCUT2D eigenvalue weighted by Gasteiger charge is 2.29. The molecule has 0 unspecified atom stereocenters. The van der Waals surface area contributed by atoms with Gasteiger partial charge in [-0.25, -0.2) is 0 Å².